The van der Waals surface area contributed by atoms with E-state index in [4.69, 9.17) is 23.2 Å². The Kier molecular flexibility index (Phi) is 6.59. The summed E-state index contributed by atoms with van der Waals surface area (Å²) in [5.41, 5.74) is 0. The molecule has 0 heterocycles. The molecule has 0 amide bonds. The van der Waals surface area contributed by atoms with Crippen LogP contribution in [0.1, 0.15) is 0 Å². The maximum atomic E-state index is 13.0. The van der Waals surface area contributed by atoms with Crippen molar-refractivity contribution in [3.8, 4) is 0 Å². The van der Waals surface area contributed by atoms with Crippen molar-refractivity contribution in [2.45, 2.75) is 9.79 Å². The molecular weight excluding hydrogens is 433 g/mol. The Labute approximate surface area is 159 Å². The topological polar surface area (TPSA) is 92.3 Å². The zero-order valence-electron chi connectivity index (χ0n) is 12.8. The lowest BCUT2D eigenvalue weighted by molar-refractivity contribution is 0.569. The molecular formula is C14H12Cl2F2N2O4S2. The van der Waals surface area contributed by atoms with Crippen LogP contribution < -0.4 is 9.44 Å². The third-order valence-corrected chi connectivity index (χ3v) is 6.96. The van der Waals surface area contributed by atoms with E-state index >= 15 is 0 Å². The highest BCUT2D eigenvalue weighted by molar-refractivity contribution is 7.90. The van der Waals surface area contributed by atoms with Crippen LogP contribution in [0.3, 0.4) is 0 Å². The van der Waals surface area contributed by atoms with Crippen LogP contribution in [-0.2, 0) is 20.0 Å². The molecule has 0 unspecified atom stereocenters. The molecule has 0 aliphatic carbocycles. The molecule has 6 nitrogen and oxygen atoms in total. The second kappa shape index (κ2) is 8.15. The Bertz CT molecular complexity index is 948. The van der Waals surface area contributed by atoms with Gasteiger partial charge in [0.1, 0.15) is 21.4 Å². The summed E-state index contributed by atoms with van der Waals surface area (Å²) in [5.74, 6) is -1.39. The quantitative estimate of drug-likeness (QED) is 0.641. The summed E-state index contributed by atoms with van der Waals surface area (Å²) in [5, 5.41) is -0.618. The number of nitrogens with one attached hydrogen (secondary N) is 2. The van der Waals surface area contributed by atoms with Gasteiger partial charge >= 0.3 is 0 Å². The number of sulfonamides is 2. The van der Waals surface area contributed by atoms with E-state index in [-0.39, 0.29) is 32.9 Å². The second-order valence-electron chi connectivity index (χ2n) is 4.95. The summed E-state index contributed by atoms with van der Waals surface area (Å²) in [4.78, 5) is -0.685. The molecule has 2 rings (SSSR count). The van der Waals surface area contributed by atoms with E-state index in [0.717, 1.165) is 36.4 Å². The molecule has 0 bridgehead atoms. The van der Waals surface area contributed by atoms with Gasteiger partial charge in [-0.1, -0.05) is 23.2 Å². The van der Waals surface area contributed by atoms with Crippen LogP contribution in [0.5, 0.6) is 0 Å². The van der Waals surface area contributed by atoms with Gasteiger partial charge in [0.2, 0.25) is 20.0 Å². The van der Waals surface area contributed by atoms with Crippen molar-refractivity contribution in [3.05, 3.63) is 58.1 Å². The van der Waals surface area contributed by atoms with Gasteiger partial charge in [0, 0.05) is 13.1 Å². The number of hydrogen-bond acceptors (Lipinski definition) is 4. The minimum absolute atomic E-state index is 0.309. The maximum absolute atomic E-state index is 13.0. The molecule has 0 atom stereocenters. The molecule has 0 saturated heterocycles. The standard InChI is InChI=1S/C14H12Cl2F2N2O4S2/c15-11-7-9(17)1-3-13(11)25(21,22)19-5-6-20-26(23,24)14-4-2-10(18)8-12(14)16/h1-4,7-8,19-20H,5-6H2. The summed E-state index contributed by atoms with van der Waals surface area (Å²) in [6, 6.07) is 5.52. The Morgan fingerprint density at radius 2 is 1.08 bits per heavy atom. The fourth-order valence-corrected chi connectivity index (χ4v) is 5.03. The van der Waals surface area contributed by atoms with Gasteiger partial charge in [-0.05, 0) is 36.4 Å². The first-order valence-electron chi connectivity index (χ1n) is 6.92. The van der Waals surface area contributed by atoms with Crippen LogP contribution in [0, 0.1) is 11.6 Å². The van der Waals surface area contributed by atoms with Crippen molar-refractivity contribution >= 4 is 43.2 Å². The number of rotatable bonds is 7. The molecule has 0 aromatic heterocycles. The molecule has 12 heteroatoms. The van der Waals surface area contributed by atoms with Gasteiger partial charge in [-0.2, -0.15) is 0 Å². The highest BCUT2D eigenvalue weighted by Gasteiger charge is 2.20. The minimum atomic E-state index is -4.06. The number of benzene rings is 2. The fraction of sp³-hybridized carbons (Fsp3) is 0.143. The van der Waals surface area contributed by atoms with Crippen molar-refractivity contribution < 1.29 is 25.6 Å². The fourth-order valence-electron chi connectivity index (χ4n) is 1.91. The van der Waals surface area contributed by atoms with Gasteiger partial charge < -0.3 is 0 Å². The van der Waals surface area contributed by atoms with Gasteiger partial charge in [0.15, 0.2) is 0 Å². The predicted octanol–water partition coefficient (Wildman–Crippen LogP) is 2.53. The molecule has 26 heavy (non-hydrogen) atoms. The normalized spacial score (nSPS) is 12.3. The van der Waals surface area contributed by atoms with Crippen LogP contribution >= 0.6 is 23.2 Å². The monoisotopic (exact) mass is 444 g/mol. The molecule has 0 fully saturated rings. The van der Waals surface area contributed by atoms with Gasteiger partial charge in [0.05, 0.1) is 10.0 Å². The van der Waals surface area contributed by atoms with E-state index in [9.17, 15) is 25.6 Å². The molecule has 0 aliphatic heterocycles. The lowest BCUT2D eigenvalue weighted by atomic mass is 10.3. The van der Waals surface area contributed by atoms with Crippen molar-refractivity contribution in [2.24, 2.45) is 0 Å². The third kappa shape index (κ3) is 5.12. The molecule has 0 aliphatic rings. The third-order valence-electron chi connectivity index (χ3n) is 3.08. The van der Waals surface area contributed by atoms with Crippen LogP contribution in [0.15, 0.2) is 46.2 Å². The van der Waals surface area contributed by atoms with Crippen LogP contribution in [0.25, 0.3) is 0 Å². The molecule has 0 saturated carbocycles. The van der Waals surface area contributed by atoms with E-state index in [1.54, 1.807) is 0 Å². The van der Waals surface area contributed by atoms with Crippen LogP contribution in [-0.4, -0.2) is 29.9 Å². The smallest absolute Gasteiger partial charge is 0.210 e. The Morgan fingerprint density at radius 3 is 1.38 bits per heavy atom. The van der Waals surface area contributed by atoms with Gasteiger partial charge in [-0.3, -0.25) is 0 Å². The molecule has 0 spiro atoms. The summed E-state index contributed by atoms with van der Waals surface area (Å²) in [6.45, 7) is -0.623. The first-order chi connectivity index (χ1) is 12.0. The largest absolute Gasteiger partial charge is 0.242 e. The van der Waals surface area contributed by atoms with Crippen molar-refractivity contribution in [2.75, 3.05) is 13.1 Å². The van der Waals surface area contributed by atoms with E-state index in [2.05, 4.69) is 9.44 Å². The van der Waals surface area contributed by atoms with Gasteiger partial charge in [-0.15, -0.1) is 0 Å². The Balaban J connectivity index is 2.01. The first-order valence-corrected chi connectivity index (χ1v) is 10.6. The summed E-state index contributed by atoms with van der Waals surface area (Å²) in [7, 11) is -8.13. The average molecular weight is 445 g/mol. The SMILES string of the molecule is O=S(=O)(NCCNS(=O)(=O)c1ccc(F)cc1Cl)c1ccc(F)cc1Cl. The van der Waals surface area contributed by atoms with Crippen LogP contribution in [0.2, 0.25) is 10.0 Å². The van der Waals surface area contributed by atoms with Crippen molar-refractivity contribution in [3.63, 3.8) is 0 Å². The van der Waals surface area contributed by atoms with E-state index in [1.807, 2.05) is 0 Å². The van der Waals surface area contributed by atoms with E-state index in [0.29, 0.717) is 0 Å². The second-order valence-corrected chi connectivity index (χ2v) is 9.23. The molecule has 142 valence electrons. The Hall–Kier alpha value is -1.30. The highest BCUT2D eigenvalue weighted by Crippen LogP contribution is 2.23. The lowest BCUT2D eigenvalue weighted by Gasteiger charge is -2.10. The van der Waals surface area contributed by atoms with E-state index < -0.39 is 31.7 Å². The van der Waals surface area contributed by atoms with Crippen molar-refractivity contribution in [1.82, 2.24) is 9.44 Å². The van der Waals surface area contributed by atoms with Crippen molar-refractivity contribution in [1.29, 1.82) is 0 Å². The highest BCUT2D eigenvalue weighted by atomic mass is 35.5. The summed E-state index contributed by atoms with van der Waals surface area (Å²) in [6.07, 6.45) is 0. The summed E-state index contributed by atoms with van der Waals surface area (Å²) < 4.78 is 78.6. The zero-order chi connectivity index (χ0) is 19.5. The van der Waals surface area contributed by atoms with Gasteiger partial charge in [0.25, 0.3) is 0 Å². The van der Waals surface area contributed by atoms with Crippen LogP contribution in [0.4, 0.5) is 8.78 Å². The molecule has 2 aromatic rings. The summed E-state index contributed by atoms with van der Waals surface area (Å²) >= 11 is 11.4. The molecule has 2 N–H and O–H groups in total. The average Bonchev–Trinajstić information content (AvgIpc) is 2.51. The molecule has 2 aromatic carbocycles. The predicted molar refractivity (Wildman–Crippen MR) is 93.2 cm³/mol. The molecule has 0 radical (unpaired) electrons. The number of hydrogen-bond donors (Lipinski definition) is 2. The van der Waals surface area contributed by atoms with E-state index in [1.165, 1.54) is 0 Å². The Morgan fingerprint density at radius 1 is 0.731 bits per heavy atom. The first kappa shape index (κ1) is 21.0. The van der Waals surface area contributed by atoms with Gasteiger partial charge in [-0.25, -0.2) is 35.1 Å². The zero-order valence-corrected chi connectivity index (χ0v) is 16.0. The maximum Gasteiger partial charge on any atom is 0.242 e. The number of halogens is 4. The minimum Gasteiger partial charge on any atom is -0.210 e. The lowest BCUT2D eigenvalue weighted by Crippen LogP contribution is -2.35.